The van der Waals surface area contributed by atoms with E-state index in [4.69, 9.17) is 0 Å². The fraction of sp³-hybridized carbons (Fsp3) is 0.529. The molecule has 0 heterocycles. The van der Waals surface area contributed by atoms with Crippen LogP contribution in [0.2, 0.25) is 0 Å². The van der Waals surface area contributed by atoms with Crippen molar-refractivity contribution in [2.75, 3.05) is 20.1 Å². The molecular formula is C17H27N3O4S. The van der Waals surface area contributed by atoms with E-state index < -0.39 is 10.0 Å². The number of hydrogen-bond acceptors (Lipinski definition) is 4. The number of carbonyl (C=O) groups excluding carboxylic acids is 2. The molecule has 0 fully saturated rings. The summed E-state index contributed by atoms with van der Waals surface area (Å²) in [5.74, 6) is -0.553. The van der Waals surface area contributed by atoms with Gasteiger partial charge in [-0.15, -0.1) is 0 Å². The number of likely N-dealkylation sites (N-methyl/N-ethyl adjacent to an activating group) is 1. The molecule has 2 N–H and O–H groups in total. The van der Waals surface area contributed by atoms with Crippen LogP contribution < -0.4 is 10.0 Å². The maximum absolute atomic E-state index is 12.2. The van der Waals surface area contributed by atoms with E-state index in [9.17, 15) is 18.0 Å². The number of nitrogens with one attached hydrogen (secondary N) is 2. The smallest absolute Gasteiger partial charge is 0.240 e. The van der Waals surface area contributed by atoms with Gasteiger partial charge in [-0.25, -0.2) is 13.1 Å². The van der Waals surface area contributed by atoms with Crippen LogP contribution >= 0.6 is 0 Å². The van der Waals surface area contributed by atoms with E-state index in [0.29, 0.717) is 0 Å². The van der Waals surface area contributed by atoms with Crippen molar-refractivity contribution in [1.82, 2.24) is 14.9 Å². The molecule has 2 amide bonds. The van der Waals surface area contributed by atoms with Crippen LogP contribution in [-0.2, 0) is 19.6 Å². The van der Waals surface area contributed by atoms with Gasteiger partial charge in [-0.1, -0.05) is 6.07 Å². The quantitative estimate of drug-likeness (QED) is 0.713. The molecular weight excluding hydrogens is 342 g/mol. The van der Waals surface area contributed by atoms with E-state index in [1.807, 2.05) is 27.7 Å². The zero-order valence-corrected chi connectivity index (χ0v) is 16.2. The van der Waals surface area contributed by atoms with Crippen molar-refractivity contribution in [2.45, 2.75) is 45.1 Å². The summed E-state index contributed by atoms with van der Waals surface area (Å²) in [4.78, 5) is 25.1. The second kappa shape index (κ2) is 8.96. The maximum Gasteiger partial charge on any atom is 0.240 e. The molecule has 1 rings (SSSR count). The van der Waals surface area contributed by atoms with Gasteiger partial charge in [0.25, 0.3) is 0 Å². The molecule has 1 aromatic rings. The first kappa shape index (κ1) is 21.1. The number of rotatable bonds is 8. The Morgan fingerprint density at radius 3 is 2.36 bits per heavy atom. The summed E-state index contributed by atoms with van der Waals surface area (Å²) in [5, 5.41) is 2.70. The van der Waals surface area contributed by atoms with Crippen LogP contribution in [-0.4, -0.2) is 51.3 Å². The van der Waals surface area contributed by atoms with E-state index in [-0.39, 0.29) is 42.3 Å². The van der Waals surface area contributed by atoms with E-state index >= 15 is 0 Å². The fourth-order valence-corrected chi connectivity index (χ4v) is 3.24. The molecule has 7 nitrogen and oxygen atoms in total. The third kappa shape index (κ3) is 6.83. The van der Waals surface area contributed by atoms with Crippen molar-refractivity contribution in [3.8, 4) is 0 Å². The first-order chi connectivity index (χ1) is 11.5. The highest BCUT2D eigenvalue weighted by Gasteiger charge is 2.17. The number of sulfonamides is 1. The zero-order chi connectivity index (χ0) is 19.2. The summed E-state index contributed by atoms with van der Waals surface area (Å²) >= 11 is 0. The Morgan fingerprint density at radius 2 is 1.80 bits per heavy atom. The minimum Gasteiger partial charge on any atom is -0.352 e. The highest BCUT2D eigenvalue weighted by Crippen LogP contribution is 2.14. The number of aryl methyl sites for hydroxylation is 2. The lowest BCUT2D eigenvalue weighted by Crippen LogP contribution is -2.41. The molecule has 8 heteroatoms. The molecule has 140 valence electrons. The van der Waals surface area contributed by atoms with Gasteiger partial charge < -0.3 is 10.2 Å². The lowest BCUT2D eigenvalue weighted by molar-refractivity contribution is -0.134. The number of hydrogen-bond donors (Lipinski definition) is 2. The lowest BCUT2D eigenvalue weighted by atomic mass is 10.1. The molecule has 0 aliphatic carbocycles. The molecule has 0 radical (unpaired) electrons. The van der Waals surface area contributed by atoms with Crippen molar-refractivity contribution in [2.24, 2.45) is 0 Å². The predicted molar refractivity (Wildman–Crippen MR) is 96.6 cm³/mol. The Labute approximate surface area is 149 Å². The van der Waals surface area contributed by atoms with Crippen LogP contribution in [0.3, 0.4) is 0 Å². The lowest BCUT2D eigenvalue weighted by Gasteiger charge is -2.18. The van der Waals surface area contributed by atoms with Gasteiger partial charge in [-0.3, -0.25) is 9.59 Å². The fourth-order valence-electron chi connectivity index (χ4n) is 2.12. The summed E-state index contributed by atoms with van der Waals surface area (Å²) < 4.78 is 26.9. The van der Waals surface area contributed by atoms with Gasteiger partial charge in [0.1, 0.15) is 0 Å². The Kier molecular flexibility index (Phi) is 7.57. The number of amides is 2. The highest BCUT2D eigenvalue weighted by atomic mass is 32.2. The predicted octanol–water partition coefficient (Wildman–Crippen LogP) is 0.955. The van der Waals surface area contributed by atoms with Crippen LogP contribution in [0.5, 0.6) is 0 Å². The van der Waals surface area contributed by atoms with Gasteiger partial charge in [0.2, 0.25) is 21.8 Å². The van der Waals surface area contributed by atoms with Crippen LogP contribution in [0.25, 0.3) is 0 Å². The summed E-state index contributed by atoms with van der Waals surface area (Å²) in [5.41, 5.74) is 1.89. The van der Waals surface area contributed by atoms with Gasteiger partial charge in [0.05, 0.1) is 11.4 Å². The van der Waals surface area contributed by atoms with Crippen LogP contribution in [0.4, 0.5) is 0 Å². The van der Waals surface area contributed by atoms with E-state index in [2.05, 4.69) is 10.0 Å². The Bertz CT molecular complexity index is 729. The molecule has 0 saturated carbocycles. The van der Waals surface area contributed by atoms with E-state index in [1.165, 1.54) is 18.0 Å². The van der Waals surface area contributed by atoms with Gasteiger partial charge >= 0.3 is 0 Å². The largest absolute Gasteiger partial charge is 0.352 e. The summed E-state index contributed by atoms with van der Waals surface area (Å²) in [6.45, 7) is 7.34. The van der Waals surface area contributed by atoms with Gasteiger partial charge in [-0.05, 0) is 51.0 Å². The molecule has 0 atom stereocenters. The number of benzene rings is 1. The molecule has 0 aliphatic heterocycles. The summed E-state index contributed by atoms with van der Waals surface area (Å²) in [6.07, 6.45) is -0.0183. The van der Waals surface area contributed by atoms with Gasteiger partial charge in [0.15, 0.2) is 0 Å². The van der Waals surface area contributed by atoms with Crippen molar-refractivity contribution in [3.63, 3.8) is 0 Å². The minimum absolute atomic E-state index is 0.000720. The zero-order valence-electron chi connectivity index (χ0n) is 15.4. The van der Waals surface area contributed by atoms with Crippen LogP contribution in [0, 0.1) is 13.8 Å². The third-order valence-electron chi connectivity index (χ3n) is 3.68. The molecule has 1 aromatic carbocycles. The monoisotopic (exact) mass is 369 g/mol. The molecule has 0 bridgehead atoms. The van der Waals surface area contributed by atoms with Crippen molar-refractivity contribution >= 4 is 21.8 Å². The second-order valence-electron chi connectivity index (χ2n) is 6.37. The first-order valence-electron chi connectivity index (χ1n) is 8.13. The minimum atomic E-state index is -3.66. The third-order valence-corrected chi connectivity index (χ3v) is 5.13. The number of carbonyl (C=O) groups is 2. The standard InChI is InChI=1S/C17H27N3O4S/c1-12(2)19-16(21)11-20(5)17(22)8-9-18-25(23,24)15-7-6-13(3)14(4)10-15/h6-7,10,12,18H,8-9,11H2,1-5H3,(H,19,21). The number of nitrogens with zero attached hydrogens (tertiary/aromatic N) is 1. The molecule has 0 aliphatic rings. The Balaban J connectivity index is 2.53. The molecule has 0 saturated heterocycles. The van der Waals surface area contributed by atoms with Crippen molar-refractivity contribution in [3.05, 3.63) is 29.3 Å². The topological polar surface area (TPSA) is 95.6 Å². The van der Waals surface area contributed by atoms with Crippen LogP contribution in [0.1, 0.15) is 31.4 Å². The molecule has 0 aromatic heterocycles. The molecule has 0 unspecified atom stereocenters. The summed E-state index contributed by atoms with van der Waals surface area (Å²) in [7, 11) is -2.15. The van der Waals surface area contributed by atoms with E-state index in [1.54, 1.807) is 12.1 Å². The molecule has 0 spiro atoms. The van der Waals surface area contributed by atoms with Crippen molar-refractivity contribution < 1.29 is 18.0 Å². The average molecular weight is 369 g/mol. The normalized spacial score (nSPS) is 11.4. The van der Waals surface area contributed by atoms with Gasteiger partial charge in [0, 0.05) is 26.1 Å². The van der Waals surface area contributed by atoms with Gasteiger partial charge in [-0.2, -0.15) is 0 Å². The molecule has 25 heavy (non-hydrogen) atoms. The van der Waals surface area contributed by atoms with E-state index in [0.717, 1.165) is 11.1 Å². The SMILES string of the molecule is Cc1ccc(S(=O)(=O)NCCC(=O)N(C)CC(=O)NC(C)C)cc1C. The average Bonchev–Trinajstić information content (AvgIpc) is 2.48. The Morgan fingerprint density at radius 1 is 1.16 bits per heavy atom. The second-order valence-corrected chi connectivity index (χ2v) is 8.13. The van der Waals surface area contributed by atoms with Crippen LogP contribution in [0.15, 0.2) is 23.1 Å². The summed E-state index contributed by atoms with van der Waals surface area (Å²) in [6, 6.07) is 4.88. The Hall–Kier alpha value is -1.93. The highest BCUT2D eigenvalue weighted by molar-refractivity contribution is 7.89. The maximum atomic E-state index is 12.2. The van der Waals surface area contributed by atoms with Crippen molar-refractivity contribution in [1.29, 1.82) is 0 Å². The first-order valence-corrected chi connectivity index (χ1v) is 9.61.